The molecule has 0 aliphatic rings. The maximum atomic E-state index is 11.9. The van der Waals surface area contributed by atoms with Gasteiger partial charge in [0.25, 0.3) is 0 Å². The summed E-state index contributed by atoms with van der Waals surface area (Å²) in [5.41, 5.74) is 1.59. The number of hydrogen-bond donors (Lipinski definition) is 0. The number of aromatic nitrogens is 1. The van der Waals surface area contributed by atoms with E-state index in [1.807, 2.05) is 41.1 Å². The van der Waals surface area contributed by atoms with Crippen LogP contribution in [0.2, 0.25) is 15.1 Å². The minimum Gasteiger partial charge on any atom is -0.342 e. The number of benzene rings is 2. The highest BCUT2D eigenvalue weighted by Gasteiger charge is 2.24. The predicted octanol–water partition coefficient (Wildman–Crippen LogP) is 4.91. The monoisotopic (exact) mass is 389 g/mol. The van der Waals surface area contributed by atoms with Crippen LogP contribution in [0.5, 0.6) is 0 Å². The zero-order valence-electron chi connectivity index (χ0n) is 12.7. The van der Waals surface area contributed by atoms with Gasteiger partial charge in [0.05, 0.1) is 5.56 Å². The van der Waals surface area contributed by atoms with E-state index in [1.54, 1.807) is 12.1 Å². The van der Waals surface area contributed by atoms with E-state index in [1.165, 1.54) is 0 Å². The summed E-state index contributed by atoms with van der Waals surface area (Å²) >= 11 is 18.2. The van der Waals surface area contributed by atoms with Crippen molar-refractivity contribution in [1.29, 1.82) is 0 Å². The van der Waals surface area contributed by atoms with Gasteiger partial charge in [0.1, 0.15) is 5.02 Å². The van der Waals surface area contributed by atoms with Crippen LogP contribution in [-0.2, 0) is 6.54 Å². The molecule has 0 radical (unpaired) electrons. The van der Waals surface area contributed by atoms with Crippen LogP contribution in [-0.4, -0.2) is 4.57 Å². The minimum absolute atomic E-state index is 0.00238. The van der Waals surface area contributed by atoms with Crippen molar-refractivity contribution in [2.24, 2.45) is 0 Å². The molecule has 0 fully saturated rings. The van der Waals surface area contributed by atoms with E-state index in [-0.39, 0.29) is 10.6 Å². The smallest absolute Gasteiger partial charge is 0.245 e. The largest absolute Gasteiger partial charge is 0.342 e. The van der Waals surface area contributed by atoms with E-state index >= 15 is 0 Å². The Labute approximate surface area is 157 Å². The second-order valence-corrected chi connectivity index (χ2v) is 6.99. The molecule has 0 aliphatic carbocycles. The standard InChI is InChI=1S/C19H10Cl3NO2/c20-11-6-5-10(14(21)7-11)8-23-9-13(12-3-1-2-4-15(12)23)16-17(22)19(25)18(16)24/h1-7,9H,8H2. The van der Waals surface area contributed by atoms with Crippen molar-refractivity contribution < 1.29 is 0 Å². The SMILES string of the molecule is O=c1c(Cl)c(-c2cn(Cc3ccc(Cl)cc3Cl)c3ccccc23)c1=O. The van der Waals surface area contributed by atoms with Gasteiger partial charge in [-0.15, -0.1) is 0 Å². The quantitative estimate of drug-likeness (QED) is 0.466. The van der Waals surface area contributed by atoms with E-state index in [0.29, 0.717) is 22.2 Å². The molecule has 0 saturated heterocycles. The topological polar surface area (TPSA) is 39.1 Å². The molecule has 3 nitrogen and oxygen atoms in total. The summed E-state index contributed by atoms with van der Waals surface area (Å²) in [6, 6.07) is 13.0. The molecule has 0 saturated carbocycles. The van der Waals surface area contributed by atoms with Crippen molar-refractivity contribution in [3.05, 3.63) is 89.7 Å². The van der Waals surface area contributed by atoms with Crippen LogP contribution in [0.15, 0.2) is 58.3 Å². The van der Waals surface area contributed by atoms with E-state index in [9.17, 15) is 9.59 Å². The van der Waals surface area contributed by atoms with Crippen molar-refractivity contribution >= 4 is 45.7 Å². The summed E-state index contributed by atoms with van der Waals surface area (Å²) in [6.07, 6.45) is 1.83. The van der Waals surface area contributed by atoms with Crippen LogP contribution in [0.4, 0.5) is 0 Å². The van der Waals surface area contributed by atoms with Crippen molar-refractivity contribution in [2.75, 3.05) is 0 Å². The van der Waals surface area contributed by atoms with Crippen molar-refractivity contribution in [3.8, 4) is 11.1 Å². The minimum atomic E-state index is -0.630. The first-order valence-corrected chi connectivity index (χ1v) is 8.61. The molecule has 0 amide bonds. The molecule has 0 spiro atoms. The molecule has 0 unspecified atom stereocenters. The van der Waals surface area contributed by atoms with Crippen molar-refractivity contribution in [3.63, 3.8) is 0 Å². The van der Waals surface area contributed by atoms with Crippen molar-refractivity contribution in [1.82, 2.24) is 4.57 Å². The third-order valence-corrected chi connectivity index (χ3v) is 5.21. The second-order valence-electron chi connectivity index (χ2n) is 5.77. The third-order valence-electron chi connectivity index (χ3n) is 4.27. The lowest BCUT2D eigenvalue weighted by Crippen LogP contribution is -2.33. The van der Waals surface area contributed by atoms with Crippen LogP contribution in [0.1, 0.15) is 5.56 Å². The summed E-state index contributed by atoms with van der Waals surface area (Å²) in [4.78, 5) is 23.4. The summed E-state index contributed by atoms with van der Waals surface area (Å²) in [6.45, 7) is 0.504. The lowest BCUT2D eigenvalue weighted by Gasteiger charge is -2.08. The zero-order chi connectivity index (χ0) is 17.7. The number of rotatable bonds is 3. The number of fused-ring (bicyclic) bond motifs is 1. The Balaban J connectivity index is 1.89. The van der Waals surface area contributed by atoms with Gasteiger partial charge >= 0.3 is 0 Å². The molecule has 124 valence electrons. The molecule has 6 heteroatoms. The molecule has 0 atom stereocenters. The van der Waals surface area contributed by atoms with E-state index in [0.717, 1.165) is 16.5 Å². The highest BCUT2D eigenvalue weighted by molar-refractivity contribution is 6.35. The Morgan fingerprint density at radius 2 is 1.68 bits per heavy atom. The fourth-order valence-electron chi connectivity index (χ4n) is 3.01. The van der Waals surface area contributed by atoms with Gasteiger partial charge in [0, 0.05) is 39.3 Å². The average Bonchev–Trinajstić information content (AvgIpc) is 2.95. The van der Waals surface area contributed by atoms with Crippen LogP contribution < -0.4 is 10.9 Å². The Hall–Kier alpha value is -2.07. The van der Waals surface area contributed by atoms with E-state index in [2.05, 4.69) is 0 Å². The molecule has 0 aliphatic heterocycles. The lowest BCUT2D eigenvalue weighted by atomic mass is 10.0. The van der Waals surface area contributed by atoms with Gasteiger partial charge in [0.2, 0.25) is 10.9 Å². The predicted molar refractivity (Wildman–Crippen MR) is 103 cm³/mol. The molecule has 3 aromatic carbocycles. The van der Waals surface area contributed by atoms with Gasteiger partial charge in [-0.2, -0.15) is 0 Å². The summed E-state index contributed by atoms with van der Waals surface area (Å²) in [5.74, 6) is 0. The van der Waals surface area contributed by atoms with Gasteiger partial charge < -0.3 is 4.57 Å². The number of nitrogens with zero attached hydrogens (tertiary/aromatic N) is 1. The maximum Gasteiger partial charge on any atom is 0.245 e. The zero-order valence-corrected chi connectivity index (χ0v) is 15.0. The molecule has 1 heterocycles. The van der Waals surface area contributed by atoms with E-state index < -0.39 is 10.9 Å². The average molecular weight is 391 g/mol. The molecule has 25 heavy (non-hydrogen) atoms. The molecular formula is C19H10Cl3NO2. The highest BCUT2D eigenvalue weighted by Crippen LogP contribution is 2.33. The molecule has 0 N–H and O–H groups in total. The lowest BCUT2D eigenvalue weighted by molar-refractivity contribution is 0.837. The number of hydrogen-bond acceptors (Lipinski definition) is 2. The molecule has 1 aromatic heterocycles. The van der Waals surface area contributed by atoms with Gasteiger partial charge in [-0.1, -0.05) is 59.1 Å². The fourth-order valence-corrected chi connectivity index (χ4v) is 3.76. The molecular weight excluding hydrogens is 381 g/mol. The summed E-state index contributed by atoms with van der Waals surface area (Å²) in [5, 5.41) is 2.00. The second kappa shape index (κ2) is 6.03. The Morgan fingerprint density at radius 3 is 2.40 bits per heavy atom. The summed E-state index contributed by atoms with van der Waals surface area (Å²) < 4.78 is 1.98. The van der Waals surface area contributed by atoms with Crippen LogP contribution in [0, 0.1) is 0 Å². The van der Waals surface area contributed by atoms with Crippen LogP contribution in [0.25, 0.3) is 22.0 Å². The third kappa shape index (κ3) is 2.60. The Morgan fingerprint density at radius 1 is 0.920 bits per heavy atom. The summed E-state index contributed by atoms with van der Waals surface area (Å²) in [7, 11) is 0. The van der Waals surface area contributed by atoms with Gasteiger partial charge in [-0.3, -0.25) is 9.59 Å². The van der Waals surface area contributed by atoms with Crippen LogP contribution >= 0.6 is 34.8 Å². The first-order chi connectivity index (χ1) is 12.0. The normalized spacial score (nSPS) is 11.5. The van der Waals surface area contributed by atoms with Crippen LogP contribution in [0.3, 0.4) is 0 Å². The van der Waals surface area contributed by atoms with E-state index in [4.69, 9.17) is 34.8 Å². The van der Waals surface area contributed by atoms with Gasteiger partial charge in [0.15, 0.2) is 0 Å². The molecule has 0 bridgehead atoms. The number of halogens is 3. The van der Waals surface area contributed by atoms with Gasteiger partial charge in [-0.05, 0) is 23.8 Å². The first kappa shape index (κ1) is 16.4. The fraction of sp³-hybridized carbons (Fsp3) is 0.0526. The highest BCUT2D eigenvalue weighted by atomic mass is 35.5. The van der Waals surface area contributed by atoms with Crippen molar-refractivity contribution in [2.45, 2.75) is 6.54 Å². The Kier molecular flexibility index (Phi) is 3.95. The Bertz CT molecular complexity index is 1200. The van der Waals surface area contributed by atoms with Gasteiger partial charge in [-0.25, -0.2) is 0 Å². The number of para-hydroxylation sites is 1. The molecule has 4 aromatic rings. The molecule has 4 rings (SSSR count). The maximum absolute atomic E-state index is 11.9. The first-order valence-electron chi connectivity index (χ1n) is 7.48.